The number of hydrogen-bond donors (Lipinski definition) is 1. The van der Waals surface area contributed by atoms with Gasteiger partial charge in [-0.2, -0.15) is 4.98 Å². The van der Waals surface area contributed by atoms with Crippen LogP contribution in [0, 0.1) is 0 Å². The summed E-state index contributed by atoms with van der Waals surface area (Å²) in [7, 11) is 0. The average molecular weight is 381 g/mol. The molecule has 4 rings (SSSR count). The number of hydrogen-bond acceptors (Lipinski definition) is 6. The van der Waals surface area contributed by atoms with Crippen LogP contribution >= 0.6 is 11.6 Å². The monoisotopic (exact) mass is 380 g/mol. The molecular formula is C20H17ClN4O2. The SMILES string of the molecule is CCOc1ccccc1CNc1ncnc2onc(-c3cccc(Cl)c3)c12. The van der Waals surface area contributed by atoms with Gasteiger partial charge in [0.1, 0.15) is 29.0 Å². The molecule has 0 aliphatic heterocycles. The average Bonchev–Trinajstić information content (AvgIpc) is 3.12. The second-order valence-corrected chi connectivity index (χ2v) is 6.27. The Morgan fingerprint density at radius 2 is 2.00 bits per heavy atom. The fraction of sp³-hybridized carbons (Fsp3) is 0.150. The molecule has 0 aliphatic carbocycles. The van der Waals surface area contributed by atoms with Gasteiger partial charge in [0.25, 0.3) is 5.71 Å². The van der Waals surface area contributed by atoms with Crippen molar-refractivity contribution in [3.05, 3.63) is 65.4 Å². The van der Waals surface area contributed by atoms with Crippen LogP contribution in [0.5, 0.6) is 5.75 Å². The van der Waals surface area contributed by atoms with Gasteiger partial charge in [0.2, 0.25) is 0 Å². The van der Waals surface area contributed by atoms with Crippen LogP contribution in [0.4, 0.5) is 5.82 Å². The Morgan fingerprint density at radius 3 is 2.85 bits per heavy atom. The molecular weight excluding hydrogens is 364 g/mol. The molecule has 0 bridgehead atoms. The van der Waals surface area contributed by atoms with E-state index in [1.54, 1.807) is 0 Å². The summed E-state index contributed by atoms with van der Waals surface area (Å²) in [6.45, 7) is 3.12. The number of benzene rings is 2. The zero-order valence-electron chi connectivity index (χ0n) is 14.6. The lowest BCUT2D eigenvalue weighted by Gasteiger charge is -2.11. The van der Waals surface area contributed by atoms with Crippen molar-refractivity contribution >= 4 is 28.5 Å². The zero-order valence-corrected chi connectivity index (χ0v) is 15.4. The number of anilines is 1. The van der Waals surface area contributed by atoms with Gasteiger partial charge in [-0.25, -0.2) is 4.98 Å². The summed E-state index contributed by atoms with van der Waals surface area (Å²) < 4.78 is 11.1. The largest absolute Gasteiger partial charge is 0.494 e. The summed E-state index contributed by atoms with van der Waals surface area (Å²) in [5.74, 6) is 1.49. The predicted octanol–water partition coefficient (Wildman–Crippen LogP) is 4.95. The van der Waals surface area contributed by atoms with Gasteiger partial charge in [-0.15, -0.1) is 0 Å². The number of rotatable bonds is 6. The Labute approximate surface area is 161 Å². The minimum Gasteiger partial charge on any atom is -0.494 e. The third-order valence-electron chi connectivity index (χ3n) is 4.09. The van der Waals surface area contributed by atoms with E-state index in [1.807, 2.05) is 55.5 Å². The summed E-state index contributed by atoms with van der Waals surface area (Å²) >= 11 is 6.12. The van der Waals surface area contributed by atoms with E-state index in [-0.39, 0.29) is 0 Å². The molecule has 0 aliphatic rings. The maximum absolute atomic E-state index is 6.12. The Kier molecular flexibility index (Phi) is 4.89. The van der Waals surface area contributed by atoms with E-state index in [2.05, 4.69) is 20.4 Å². The summed E-state index contributed by atoms with van der Waals surface area (Å²) in [5, 5.41) is 8.86. The lowest BCUT2D eigenvalue weighted by atomic mass is 10.1. The van der Waals surface area contributed by atoms with Crippen molar-refractivity contribution in [2.45, 2.75) is 13.5 Å². The van der Waals surface area contributed by atoms with Crippen LogP contribution in [0.2, 0.25) is 5.02 Å². The van der Waals surface area contributed by atoms with Gasteiger partial charge in [-0.3, -0.25) is 0 Å². The summed E-state index contributed by atoms with van der Waals surface area (Å²) in [5.41, 5.74) is 2.94. The van der Waals surface area contributed by atoms with Crippen molar-refractivity contribution < 1.29 is 9.26 Å². The van der Waals surface area contributed by atoms with E-state index < -0.39 is 0 Å². The first-order valence-electron chi connectivity index (χ1n) is 8.57. The molecule has 2 heterocycles. The molecule has 2 aromatic heterocycles. The Bertz CT molecular complexity index is 1080. The number of para-hydroxylation sites is 1. The standard InChI is InChI=1S/C20H17ClN4O2/c1-2-26-16-9-4-3-6-14(16)11-22-19-17-18(13-7-5-8-15(21)10-13)25-27-20(17)24-12-23-19/h3-10,12H,2,11H2,1H3,(H,22,23,24). The van der Waals surface area contributed by atoms with Crippen LogP contribution in [-0.2, 0) is 6.54 Å². The molecule has 0 saturated carbocycles. The highest BCUT2D eigenvalue weighted by atomic mass is 35.5. The quantitative estimate of drug-likeness (QED) is 0.510. The highest BCUT2D eigenvalue weighted by Crippen LogP contribution is 2.32. The smallest absolute Gasteiger partial charge is 0.263 e. The molecule has 136 valence electrons. The molecule has 4 aromatic rings. The molecule has 7 heteroatoms. The Balaban J connectivity index is 1.70. The number of aromatic nitrogens is 3. The topological polar surface area (TPSA) is 73.1 Å². The molecule has 0 fully saturated rings. The number of fused-ring (bicyclic) bond motifs is 1. The van der Waals surface area contributed by atoms with Gasteiger partial charge in [0.05, 0.1) is 6.61 Å². The zero-order chi connectivity index (χ0) is 18.6. The minimum absolute atomic E-state index is 0.417. The van der Waals surface area contributed by atoms with Crippen LogP contribution in [0.3, 0.4) is 0 Å². The molecule has 0 amide bonds. The molecule has 0 unspecified atom stereocenters. The van der Waals surface area contributed by atoms with E-state index in [0.29, 0.717) is 40.8 Å². The van der Waals surface area contributed by atoms with Crippen molar-refractivity contribution in [3.63, 3.8) is 0 Å². The van der Waals surface area contributed by atoms with Crippen molar-refractivity contribution in [2.24, 2.45) is 0 Å². The maximum Gasteiger partial charge on any atom is 0.263 e. The fourth-order valence-corrected chi connectivity index (χ4v) is 3.07. The van der Waals surface area contributed by atoms with Crippen LogP contribution in [0.15, 0.2) is 59.4 Å². The van der Waals surface area contributed by atoms with Crippen LogP contribution in [0.25, 0.3) is 22.4 Å². The molecule has 0 saturated heterocycles. The minimum atomic E-state index is 0.417. The van der Waals surface area contributed by atoms with Gasteiger partial charge >= 0.3 is 0 Å². The first kappa shape index (κ1) is 17.3. The number of halogens is 1. The van der Waals surface area contributed by atoms with Crippen molar-refractivity contribution in [1.29, 1.82) is 0 Å². The van der Waals surface area contributed by atoms with E-state index in [1.165, 1.54) is 6.33 Å². The van der Waals surface area contributed by atoms with Gasteiger partial charge in [-0.1, -0.05) is 47.1 Å². The molecule has 2 aromatic carbocycles. The first-order valence-corrected chi connectivity index (χ1v) is 8.95. The number of nitrogens with zero attached hydrogens (tertiary/aromatic N) is 3. The Morgan fingerprint density at radius 1 is 1.11 bits per heavy atom. The fourth-order valence-electron chi connectivity index (χ4n) is 2.88. The van der Waals surface area contributed by atoms with Gasteiger partial charge in [0, 0.05) is 22.7 Å². The van der Waals surface area contributed by atoms with Crippen LogP contribution in [-0.4, -0.2) is 21.7 Å². The van der Waals surface area contributed by atoms with Crippen molar-refractivity contribution in [2.75, 3.05) is 11.9 Å². The third kappa shape index (κ3) is 3.57. The van der Waals surface area contributed by atoms with E-state index in [9.17, 15) is 0 Å². The van der Waals surface area contributed by atoms with Crippen molar-refractivity contribution in [1.82, 2.24) is 15.1 Å². The van der Waals surface area contributed by atoms with Crippen LogP contribution < -0.4 is 10.1 Å². The molecule has 0 radical (unpaired) electrons. The Hall–Kier alpha value is -3.12. The van der Waals surface area contributed by atoms with Crippen molar-refractivity contribution in [3.8, 4) is 17.0 Å². The second kappa shape index (κ2) is 7.63. The maximum atomic E-state index is 6.12. The summed E-state index contributed by atoms with van der Waals surface area (Å²) in [6, 6.07) is 15.3. The van der Waals surface area contributed by atoms with Gasteiger partial charge in [0.15, 0.2) is 0 Å². The van der Waals surface area contributed by atoms with Gasteiger partial charge < -0.3 is 14.6 Å². The normalized spacial score (nSPS) is 10.9. The molecule has 0 spiro atoms. The lowest BCUT2D eigenvalue weighted by Crippen LogP contribution is -2.05. The number of ether oxygens (including phenoxy) is 1. The highest BCUT2D eigenvalue weighted by molar-refractivity contribution is 6.30. The number of nitrogens with one attached hydrogen (secondary N) is 1. The lowest BCUT2D eigenvalue weighted by molar-refractivity contribution is 0.337. The molecule has 6 nitrogen and oxygen atoms in total. The summed E-state index contributed by atoms with van der Waals surface area (Å²) in [4.78, 5) is 8.56. The molecule has 1 N–H and O–H groups in total. The van der Waals surface area contributed by atoms with E-state index in [0.717, 1.165) is 16.9 Å². The predicted molar refractivity (Wildman–Crippen MR) is 105 cm³/mol. The van der Waals surface area contributed by atoms with E-state index >= 15 is 0 Å². The first-order chi connectivity index (χ1) is 13.3. The summed E-state index contributed by atoms with van der Waals surface area (Å²) in [6.07, 6.45) is 1.45. The third-order valence-corrected chi connectivity index (χ3v) is 4.32. The second-order valence-electron chi connectivity index (χ2n) is 5.84. The molecule has 27 heavy (non-hydrogen) atoms. The van der Waals surface area contributed by atoms with Crippen LogP contribution in [0.1, 0.15) is 12.5 Å². The highest BCUT2D eigenvalue weighted by Gasteiger charge is 2.17. The molecule has 0 atom stereocenters. The van der Waals surface area contributed by atoms with Gasteiger partial charge in [-0.05, 0) is 25.1 Å². The van der Waals surface area contributed by atoms with E-state index in [4.69, 9.17) is 20.9 Å².